The minimum absolute atomic E-state index is 0.450. The van der Waals surface area contributed by atoms with E-state index in [-0.39, 0.29) is 0 Å². The average molecular weight is 286 g/mol. The molecule has 2 heterocycles. The molecule has 2 aliphatic rings. The molecule has 19 heavy (non-hydrogen) atoms. The van der Waals surface area contributed by atoms with E-state index in [1.54, 1.807) is 27.7 Å². The zero-order valence-corrected chi connectivity index (χ0v) is 11.8. The van der Waals surface area contributed by atoms with Gasteiger partial charge in [0.1, 0.15) is 11.1 Å². The number of rotatable bonds is 2. The smallest absolute Gasteiger partial charge is 0.275 e. The minimum Gasteiger partial charge on any atom is -0.275 e. The Kier molecular flexibility index (Phi) is 2.77. The van der Waals surface area contributed by atoms with Gasteiger partial charge in [0.25, 0.3) is 11.8 Å². The predicted octanol–water partition coefficient (Wildman–Crippen LogP) is 0.210. The van der Waals surface area contributed by atoms with Crippen LogP contribution in [-0.2, 0) is 9.59 Å². The van der Waals surface area contributed by atoms with Crippen LogP contribution < -0.4 is 10.6 Å². The van der Waals surface area contributed by atoms with Gasteiger partial charge in [0.05, 0.1) is 12.1 Å². The summed E-state index contributed by atoms with van der Waals surface area (Å²) in [4.78, 5) is 46.7. The van der Waals surface area contributed by atoms with Gasteiger partial charge in [0, 0.05) is 0 Å². The molecule has 2 N–H and O–H groups in total. The third-order valence-corrected chi connectivity index (χ3v) is 4.67. The van der Waals surface area contributed by atoms with Crippen molar-refractivity contribution in [2.24, 2.45) is 0 Å². The summed E-state index contributed by atoms with van der Waals surface area (Å²) in [5.74, 6) is -0.900. The van der Waals surface area contributed by atoms with Gasteiger partial charge in [-0.1, -0.05) is 0 Å². The van der Waals surface area contributed by atoms with Crippen molar-refractivity contribution in [3.05, 3.63) is 0 Å². The van der Waals surface area contributed by atoms with Crippen molar-refractivity contribution in [2.75, 3.05) is 0 Å². The molecule has 2 saturated heterocycles. The van der Waals surface area contributed by atoms with Crippen LogP contribution in [0.1, 0.15) is 27.7 Å². The summed E-state index contributed by atoms with van der Waals surface area (Å²) in [6.45, 7) is 6.23. The van der Waals surface area contributed by atoms with Crippen LogP contribution >= 0.6 is 12.1 Å². The largest absolute Gasteiger partial charge is 0.336 e. The Labute approximate surface area is 114 Å². The molecular formula is C10H14N4O4S. The van der Waals surface area contributed by atoms with E-state index < -0.39 is 35.0 Å². The van der Waals surface area contributed by atoms with Crippen molar-refractivity contribution in [1.29, 1.82) is 0 Å². The van der Waals surface area contributed by atoms with E-state index in [9.17, 15) is 19.2 Å². The Bertz CT molecular complexity index is 458. The summed E-state index contributed by atoms with van der Waals surface area (Å²) in [6, 6.07) is -1.22. The predicted molar refractivity (Wildman–Crippen MR) is 66.5 cm³/mol. The number of nitrogens with one attached hydrogen (secondary N) is 2. The first-order chi connectivity index (χ1) is 8.58. The highest BCUT2D eigenvalue weighted by Gasteiger charge is 2.53. The topological polar surface area (TPSA) is 98.8 Å². The molecule has 0 aromatic carbocycles. The van der Waals surface area contributed by atoms with Crippen LogP contribution in [0.2, 0.25) is 0 Å². The maximum absolute atomic E-state index is 11.7. The highest BCUT2D eigenvalue weighted by Crippen LogP contribution is 2.36. The van der Waals surface area contributed by atoms with Crippen LogP contribution in [0, 0.1) is 0 Å². The van der Waals surface area contributed by atoms with E-state index >= 15 is 0 Å². The van der Waals surface area contributed by atoms with Crippen molar-refractivity contribution in [3.8, 4) is 0 Å². The van der Waals surface area contributed by atoms with Crippen LogP contribution in [-0.4, -0.2) is 43.6 Å². The molecule has 0 saturated carbocycles. The molecule has 8 nitrogen and oxygen atoms in total. The molecule has 0 aliphatic carbocycles. The highest BCUT2D eigenvalue weighted by molar-refractivity contribution is 7.95. The van der Waals surface area contributed by atoms with Crippen molar-refractivity contribution < 1.29 is 19.2 Å². The fourth-order valence-electron chi connectivity index (χ4n) is 1.65. The lowest BCUT2D eigenvalue weighted by Crippen LogP contribution is -2.47. The van der Waals surface area contributed by atoms with Gasteiger partial charge >= 0.3 is 12.1 Å². The lowest BCUT2D eigenvalue weighted by atomic mass is 10.1. The summed E-state index contributed by atoms with van der Waals surface area (Å²) in [7, 11) is 0. The molecule has 0 aromatic heterocycles. The quantitative estimate of drug-likeness (QED) is 0.558. The van der Waals surface area contributed by atoms with E-state index in [2.05, 4.69) is 10.6 Å². The van der Waals surface area contributed by atoms with Crippen LogP contribution in [0.15, 0.2) is 0 Å². The van der Waals surface area contributed by atoms with Crippen LogP contribution in [0.25, 0.3) is 0 Å². The highest BCUT2D eigenvalue weighted by atomic mass is 32.2. The van der Waals surface area contributed by atoms with E-state index in [0.29, 0.717) is 0 Å². The number of amides is 6. The van der Waals surface area contributed by atoms with Gasteiger partial charge in [-0.15, -0.1) is 0 Å². The molecule has 0 bridgehead atoms. The van der Waals surface area contributed by atoms with Crippen LogP contribution in [0.5, 0.6) is 0 Å². The molecule has 0 atom stereocenters. The number of carbonyl (C=O) groups is 4. The SMILES string of the molecule is CC1(C)C(=O)NC(=O)N1SN1C(=O)NC(=O)C1(C)C. The minimum atomic E-state index is -1.09. The number of hydrogen-bond donors (Lipinski definition) is 2. The third-order valence-electron chi connectivity index (χ3n) is 3.10. The van der Waals surface area contributed by atoms with Crippen molar-refractivity contribution in [3.63, 3.8) is 0 Å². The Morgan fingerprint density at radius 2 is 1.11 bits per heavy atom. The number of carbonyl (C=O) groups excluding carboxylic acids is 4. The second-order valence-electron chi connectivity index (χ2n) is 5.31. The summed E-state index contributed by atoms with van der Waals surface area (Å²) in [6.07, 6.45) is 0. The average Bonchev–Trinajstić information content (AvgIpc) is 2.56. The summed E-state index contributed by atoms with van der Waals surface area (Å²) in [5.41, 5.74) is -2.19. The first-order valence-electron chi connectivity index (χ1n) is 5.58. The zero-order valence-electron chi connectivity index (χ0n) is 10.9. The molecular weight excluding hydrogens is 272 g/mol. The number of hydrogen-bond acceptors (Lipinski definition) is 5. The molecule has 104 valence electrons. The number of nitrogens with zero attached hydrogens (tertiary/aromatic N) is 2. The van der Waals surface area contributed by atoms with Crippen molar-refractivity contribution >= 4 is 36.0 Å². The normalized spacial score (nSPS) is 24.8. The third kappa shape index (κ3) is 1.84. The van der Waals surface area contributed by atoms with Gasteiger partial charge in [-0.25, -0.2) is 18.2 Å². The van der Waals surface area contributed by atoms with Gasteiger partial charge in [0.15, 0.2) is 0 Å². The first kappa shape index (κ1) is 13.7. The molecule has 9 heteroatoms. The number of imide groups is 2. The Hall–Kier alpha value is -1.77. The van der Waals surface area contributed by atoms with E-state index in [1.807, 2.05) is 0 Å². The molecule has 0 unspecified atom stereocenters. The lowest BCUT2D eigenvalue weighted by Gasteiger charge is -2.33. The molecule has 2 aliphatic heterocycles. The first-order valence-corrected chi connectivity index (χ1v) is 6.31. The summed E-state index contributed by atoms with van der Waals surface area (Å²) in [5, 5.41) is 4.34. The van der Waals surface area contributed by atoms with Crippen molar-refractivity contribution in [2.45, 2.75) is 38.8 Å². The van der Waals surface area contributed by atoms with Crippen molar-refractivity contribution in [1.82, 2.24) is 19.2 Å². The van der Waals surface area contributed by atoms with E-state index in [1.165, 1.54) is 0 Å². The summed E-state index contributed by atoms with van der Waals surface area (Å²) < 4.78 is 2.30. The van der Waals surface area contributed by atoms with Gasteiger partial charge in [-0.3, -0.25) is 20.2 Å². The van der Waals surface area contributed by atoms with E-state index in [0.717, 1.165) is 20.7 Å². The standard InChI is InChI=1S/C10H14N4O4S/c1-9(2)5(15)11-7(17)13(9)19-14-8(18)12-6(16)10(14,3)4/h1-4H3,(H,11,15,17)(H,12,16,18). The second-order valence-corrected chi connectivity index (χ2v) is 6.20. The Morgan fingerprint density at radius 3 is 1.32 bits per heavy atom. The lowest BCUT2D eigenvalue weighted by molar-refractivity contribution is -0.124. The van der Waals surface area contributed by atoms with Gasteiger partial charge in [-0.2, -0.15) is 0 Å². The monoisotopic (exact) mass is 286 g/mol. The number of urea groups is 2. The zero-order chi connectivity index (χ0) is 14.6. The molecule has 2 fully saturated rings. The molecule has 0 spiro atoms. The summed E-state index contributed by atoms with van der Waals surface area (Å²) >= 11 is 0.753. The fourth-order valence-corrected chi connectivity index (χ4v) is 2.63. The van der Waals surface area contributed by atoms with Crippen LogP contribution in [0.4, 0.5) is 9.59 Å². The fraction of sp³-hybridized carbons (Fsp3) is 0.600. The van der Waals surface area contributed by atoms with Gasteiger partial charge < -0.3 is 0 Å². The second kappa shape index (κ2) is 3.86. The molecule has 0 radical (unpaired) electrons. The van der Waals surface area contributed by atoms with Crippen LogP contribution in [0.3, 0.4) is 0 Å². The molecule has 2 rings (SSSR count). The Balaban J connectivity index is 2.27. The maximum atomic E-state index is 11.7. The van der Waals surface area contributed by atoms with Gasteiger partial charge in [-0.05, 0) is 27.7 Å². The Morgan fingerprint density at radius 1 is 0.789 bits per heavy atom. The van der Waals surface area contributed by atoms with E-state index in [4.69, 9.17) is 0 Å². The van der Waals surface area contributed by atoms with Gasteiger partial charge in [0.2, 0.25) is 0 Å². The molecule has 6 amide bonds. The molecule has 0 aromatic rings. The maximum Gasteiger partial charge on any atom is 0.336 e.